The Morgan fingerprint density at radius 1 is 1.10 bits per heavy atom. The van der Waals surface area contributed by atoms with Crippen molar-refractivity contribution in [3.8, 4) is 0 Å². The summed E-state index contributed by atoms with van der Waals surface area (Å²) >= 11 is 0. The Balaban J connectivity index is 2.35. The van der Waals surface area contributed by atoms with E-state index in [1.807, 2.05) is 0 Å². The molecule has 0 atom stereocenters. The topological polar surface area (TPSA) is 120 Å². The number of aryl methyl sites for hydroxylation is 1. The van der Waals surface area contributed by atoms with Gasteiger partial charge < -0.3 is 24.8 Å². The maximum atomic E-state index is 12.0. The van der Waals surface area contributed by atoms with Crippen molar-refractivity contribution in [1.82, 2.24) is 5.32 Å². The minimum atomic E-state index is -0.592. The first-order valence-electron chi connectivity index (χ1n) is 9.13. The molecule has 0 spiro atoms. The molecule has 160 valence electrons. The Bertz CT molecular complexity index is 754. The monoisotopic (exact) mass is 408 g/mol. The lowest BCUT2D eigenvalue weighted by Gasteiger charge is -2.19. The fourth-order valence-corrected chi connectivity index (χ4v) is 2.14. The molecule has 0 unspecified atom stereocenters. The van der Waals surface area contributed by atoms with Crippen LogP contribution in [0, 0.1) is 6.92 Å². The lowest BCUT2D eigenvalue weighted by Crippen LogP contribution is -2.33. The van der Waals surface area contributed by atoms with E-state index in [2.05, 4.69) is 15.4 Å². The maximum absolute atomic E-state index is 12.0. The molecular weight excluding hydrogens is 380 g/mol. The second kappa shape index (κ2) is 11.0. The van der Waals surface area contributed by atoms with Crippen molar-refractivity contribution in [2.75, 3.05) is 25.6 Å². The molecule has 0 aliphatic rings. The molecule has 9 nitrogen and oxygen atoms in total. The molecule has 0 bridgehead atoms. The SMILES string of the molecule is COC(=O)c1ccc(C)c(NC(=O)COC(=O)CCCNC(=O)OC(C)(C)C)c1. The summed E-state index contributed by atoms with van der Waals surface area (Å²) in [6.07, 6.45) is -0.172. The zero-order valence-corrected chi connectivity index (χ0v) is 17.4. The van der Waals surface area contributed by atoms with Gasteiger partial charge in [0.15, 0.2) is 6.61 Å². The second-order valence-electron chi connectivity index (χ2n) is 7.26. The minimum Gasteiger partial charge on any atom is -0.465 e. The van der Waals surface area contributed by atoms with E-state index in [-0.39, 0.29) is 13.0 Å². The molecule has 9 heteroatoms. The summed E-state index contributed by atoms with van der Waals surface area (Å²) in [5.41, 5.74) is 0.870. The van der Waals surface area contributed by atoms with Gasteiger partial charge in [0.2, 0.25) is 0 Å². The number of amides is 2. The highest BCUT2D eigenvalue weighted by molar-refractivity contribution is 5.96. The molecule has 0 radical (unpaired) electrons. The molecule has 1 aromatic rings. The Hall–Kier alpha value is -3.10. The number of hydrogen-bond donors (Lipinski definition) is 2. The molecule has 29 heavy (non-hydrogen) atoms. The fourth-order valence-electron chi connectivity index (χ4n) is 2.14. The van der Waals surface area contributed by atoms with Crippen LogP contribution in [0.4, 0.5) is 10.5 Å². The molecule has 0 aliphatic carbocycles. The second-order valence-corrected chi connectivity index (χ2v) is 7.26. The highest BCUT2D eigenvalue weighted by Gasteiger charge is 2.16. The highest BCUT2D eigenvalue weighted by Crippen LogP contribution is 2.17. The van der Waals surface area contributed by atoms with Crippen molar-refractivity contribution in [2.24, 2.45) is 0 Å². The third kappa shape index (κ3) is 9.59. The van der Waals surface area contributed by atoms with Crippen LogP contribution in [0.2, 0.25) is 0 Å². The molecular formula is C20H28N2O7. The zero-order chi connectivity index (χ0) is 22.0. The summed E-state index contributed by atoms with van der Waals surface area (Å²) < 4.78 is 14.6. The number of methoxy groups -OCH3 is 1. The molecule has 0 aliphatic heterocycles. The van der Waals surface area contributed by atoms with Crippen molar-refractivity contribution < 1.29 is 33.4 Å². The van der Waals surface area contributed by atoms with Gasteiger partial charge in [-0.25, -0.2) is 9.59 Å². The molecule has 2 amide bonds. The summed E-state index contributed by atoms with van der Waals surface area (Å²) in [7, 11) is 1.27. The summed E-state index contributed by atoms with van der Waals surface area (Å²) in [6.45, 7) is 6.81. The van der Waals surface area contributed by atoms with E-state index in [9.17, 15) is 19.2 Å². The number of nitrogens with one attached hydrogen (secondary N) is 2. The lowest BCUT2D eigenvalue weighted by molar-refractivity contribution is -0.147. The predicted molar refractivity (Wildman–Crippen MR) is 106 cm³/mol. The molecule has 2 N–H and O–H groups in total. The molecule has 0 heterocycles. The third-order valence-electron chi connectivity index (χ3n) is 3.52. The molecule has 1 aromatic carbocycles. The average Bonchev–Trinajstić information content (AvgIpc) is 2.63. The smallest absolute Gasteiger partial charge is 0.407 e. The first kappa shape index (κ1) is 23.9. The van der Waals surface area contributed by atoms with E-state index in [4.69, 9.17) is 9.47 Å². The molecule has 0 fully saturated rings. The number of benzene rings is 1. The number of carbonyl (C=O) groups is 4. The first-order chi connectivity index (χ1) is 13.5. The number of ether oxygens (including phenoxy) is 3. The molecule has 0 saturated carbocycles. The van der Waals surface area contributed by atoms with Gasteiger partial charge in [0.1, 0.15) is 5.60 Å². The van der Waals surface area contributed by atoms with Crippen molar-refractivity contribution in [2.45, 2.75) is 46.1 Å². The van der Waals surface area contributed by atoms with Crippen molar-refractivity contribution in [3.63, 3.8) is 0 Å². The summed E-state index contributed by atoms with van der Waals surface area (Å²) in [5.74, 6) is -1.62. The lowest BCUT2D eigenvalue weighted by atomic mass is 10.1. The minimum absolute atomic E-state index is 0.0416. The number of esters is 2. The summed E-state index contributed by atoms with van der Waals surface area (Å²) in [5, 5.41) is 5.12. The van der Waals surface area contributed by atoms with Crippen LogP contribution in [-0.2, 0) is 23.8 Å². The van der Waals surface area contributed by atoms with E-state index in [1.54, 1.807) is 39.8 Å². The predicted octanol–water partition coefficient (Wildman–Crippen LogP) is 2.57. The van der Waals surface area contributed by atoms with Gasteiger partial charge in [-0.05, 0) is 51.8 Å². The van der Waals surface area contributed by atoms with Gasteiger partial charge in [-0.2, -0.15) is 0 Å². The standard InChI is InChI=1S/C20H28N2O7/c1-13-8-9-14(18(25)27-5)11-15(13)22-16(23)12-28-17(24)7-6-10-21-19(26)29-20(2,3)4/h8-9,11H,6-7,10,12H2,1-5H3,(H,21,26)(H,22,23). The largest absolute Gasteiger partial charge is 0.465 e. The van der Waals surface area contributed by atoms with Gasteiger partial charge in [0, 0.05) is 18.7 Å². The Morgan fingerprint density at radius 3 is 2.41 bits per heavy atom. The zero-order valence-electron chi connectivity index (χ0n) is 17.4. The van der Waals surface area contributed by atoms with Crippen LogP contribution in [0.3, 0.4) is 0 Å². The number of rotatable bonds is 8. The average molecular weight is 408 g/mol. The van der Waals surface area contributed by atoms with E-state index >= 15 is 0 Å². The normalized spacial score (nSPS) is 10.7. The summed E-state index contributed by atoms with van der Waals surface area (Å²) in [4.78, 5) is 46.8. The Kier molecular flexibility index (Phi) is 9.11. The van der Waals surface area contributed by atoms with E-state index in [1.165, 1.54) is 13.2 Å². The van der Waals surface area contributed by atoms with Gasteiger partial charge in [0.05, 0.1) is 12.7 Å². The quantitative estimate of drug-likeness (QED) is 0.385. The van der Waals surface area contributed by atoms with E-state index in [0.29, 0.717) is 17.7 Å². The number of hydrogen-bond acceptors (Lipinski definition) is 7. The maximum Gasteiger partial charge on any atom is 0.407 e. The first-order valence-corrected chi connectivity index (χ1v) is 9.13. The van der Waals surface area contributed by atoms with Crippen molar-refractivity contribution >= 4 is 29.6 Å². The number of anilines is 1. The van der Waals surface area contributed by atoms with Gasteiger partial charge in [0.25, 0.3) is 5.91 Å². The van der Waals surface area contributed by atoms with Crippen LogP contribution >= 0.6 is 0 Å². The Morgan fingerprint density at radius 2 is 1.79 bits per heavy atom. The van der Waals surface area contributed by atoms with Crippen LogP contribution in [0.25, 0.3) is 0 Å². The van der Waals surface area contributed by atoms with Crippen LogP contribution in [0.5, 0.6) is 0 Å². The molecule has 0 saturated heterocycles. The van der Waals surface area contributed by atoms with Gasteiger partial charge >= 0.3 is 18.0 Å². The Labute approximate surface area is 170 Å². The van der Waals surface area contributed by atoms with E-state index < -0.39 is 36.1 Å². The van der Waals surface area contributed by atoms with Crippen molar-refractivity contribution in [3.05, 3.63) is 29.3 Å². The molecule has 0 aromatic heterocycles. The molecule has 1 rings (SSSR count). The highest BCUT2D eigenvalue weighted by atomic mass is 16.6. The van der Waals surface area contributed by atoms with Crippen LogP contribution in [-0.4, -0.2) is 49.8 Å². The third-order valence-corrected chi connectivity index (χ3v) is 3.52. The van der Waals surface area contributed by atoms with Gasteiger partial charge in [-0.15, -0.1) is 0 Å². The fraction of sp³-hybridized carbons (Fsp3) is 0.500. The number of carbonyl (C=O) groups excluding carboxylic acids is 4. The van der Waals surface area contributed by atoms with Gasteiger partial charge in [-0.3, -0.25) is 9.59 Å². The van der Waals surface area contributed by atoms with Crippen LogP contribution in [0.15, 0.2) is 18.2 Å². The van der Waals surface area contributed by atoms with Crippen molar-refractivity contribution in [1.29, 1.82) is 0 Å². The summed E-state index contributed by atoms with van der Waals surface area (Å²) in [6, 6.07) is 4.75. The van der Waals surface area contributed by atoms with E-state index in [0.717, 1.165) is 5.56 Å². The van der Waals surface area contributed by atoms with Crippen LogP contribution in [0.1, 0.15) is 49.5 Å². The van der Waals surface area contributed by atoms with Gasteiger partial charge in [-0.1, -0.05) is 6.07 Å². The van der Waals surface area contributed by atoms with Crippen LogP contribution < -0.4 is 10.6 Å². The number of alkyl carbamates (subject to hydrolysis) is 1.